The molecule has 0 amide bonds. The van der Waals surface area contributed by atoms with Crippen LogP contribution in [-0.2, 0) is 0 Å². The van der Waals surface area contributed by atoms with Gasteiger partial charge >= 0.3 is 0 Å². The van der Waals surface area contributed by atoms with Crippen molar-refractivity contribution in [1.82, 2.24) is 0 Å². The van der Waals surface area contributed by atoms with E-state index in [9.17, 15) is 0 Å². The first-order chi connectivity index (χ1) is 6.79. The Morgan fingerprint density at radius 1 is 0.500 bits per heavy atom. The van der Waals surface area contributed by atoms with Crippen molar-refractivity contribution in [3.8, 4) is 0 Å². The molecule has 1 rings (SSSR count). The molecule has 1 fully saturated rings. The third-order valence-corrected chi connectivity index (χ3v) is 3.30. The van der Waals surface area contributed by atoms with Gasteiger partial charge in [-0.3, -0.25) is 0 Å². The summed E-state index contributed by atoms with van der Waals surface area (Å²) >= 11 is 0. The Labute approximate surface area is 88.4 Å². The van der Waals surface area contributed by atoms with Gasteiger partial charge in [0.2, 0.25) is 0 Å². The molecule has 0 heterocycles. The SMILES string of the molecule is NC1CCCCCCC(N)CCCC1. The number of hydrogen-bond donors (Lipinski definition) is 2. The fraction of sp³-hybridized carbons (Fsp3) is 1.00. The maximum absolute atomic E-state index is 6.02. The van der Waals surface area contributed by atoms with Gasteiger partial charge in [-0.25, -0.2) is 0 Å². The van der Waals surface area contributed by atoms with Crippen LogP contribution >= 0.6 is 0 Å². The van der Waals surface area contributed by atoms with Crippen LogP contribution in [0.5, 0.6) is 0 Å². The van der Waals surface area contributed by atoms with Gasteiger partial charge in [-0.1, -0.05) is 38.5 Å². The van der Waals surface area contributed by atoms with Crippen molar-refractivity contribution in [2.24, 2.45) is 11.5 Å². The second-order valence-electron chi connectivity index (χ2n) is 4.80. The molecule has 84 valence electrons. The van der Waals surface area contributed by atoms with Gasteiger partial charge in [-0.2, -0.15) is 0 Å². The van der Waals surface area contributed by atoms with Gasteiger partial charge in [0.05, 0.1) is 0 Å². The van der Waals surface area contributed by atoms with Crippen LogP contribution in [0.1, 0.15) is 64.2 Å². The Kier molecular flexibility index (Phi) is 6.20. The molecule has 2 heteroatoms. The first-order valence-electron chi connectivity index (χ1n) is 6.30. The van der Waals surface area contributed by atoms with Crippen molar-refractivity contribution in [2.45, 2.75) is 76.3 Å². The Hall–Kier alpha value is -0.0800. The molecule has 14 heavy (non-hydrogen) atoms. The Morgan fingerprint density at radius 2 is 0.786 bits per heavy atom. The van der Waals surface area contributed by atoms with E-state index in [0.29, 0.717) is 12.1 Å². The highest BCUT2D eigenvalue weighted by molar-refractivity contribution is 4.67. The lowest BCUT2D eigenvalue weighted by Crippen LogP contribution is -2.22. The summed E-state index contributed by atoms with van der Waals surface area (Å²) in [4.78, 5) is 0. The van der Waals surface area contributed by atoms with Crippen LogP contribution in [0.4, 0.5) is 0 Å². The van der Waals surface area contributed by atoms with Gasteiger partial charge in [-0.05, 0) is 25.7 Å². The number of nitrogens with two attached hydrogens (primary N) is 2. The maximum atomic E-state index is 6.02. The monoisotopic (exact) mass is 198 g/mol. The fourth-order valence-electron chi connectivity index (χ4n) is 2.27. The van der Waals surface area contributed by atoms with E-state index in [1.54, 1.807) is 0 Å². The van der Waals surface area contributed by atoms with Gasteiger partial charge in [0, 0.05) is 12.1 Å². The molecular weight excluding hydrogens is 172 g/mol. The zero-order chi connectivity index (χ0) is 10.2. The second-order valence-corrected chi connectivity index (χ2v) is 4.80. The van der Waals surface area contributed by atoms with Crippen LogP contribution in [-0.4, -0.2) is 12.1 Å². The molecule has 0 aromatic carbocycles. The summed E-state index contributed by atoms with van der Waals surface area (Å²) in [6, 6.07) is 0.899. The summed E-state index contributed by atoms with van der Waals surface area (Å²) in [5, 5.41) is 0. The average Bonchev–Trinajstić information content (AvgIpc) is 2.16. The highest BCUT2D eigenvalue weighted by Crippen LogP contribution is 2.15. The minimum atomic E-state index is 0.450. The molecule has 0 aromatic heterocycles. The van der Waals surface area contributed by atoms with Gasteiger partial charge in [0.1, 0.15) is 0 Å². The van der Waals surface area contributed by atoms with E-state index < -0.39 is 0 Å². The van der Waals surface area contributed by atoms with E-state index in [0.717, 1.165) is 0 Å². The van der Waals surface area contributed by atoms with E-state index >= 15 is 0 Å². The van der Waals surface area contributed by atoms with Gasteiger partial charge in [0.25, 0.3) is 0 Å². The molecule has 0 bridgehead atoms. The zero-order valence-electron chi connectivity index (χ0n) is 9.38. The normalized spacial score (nSPS) is 33.0. The predicted molar refractivity (Wildman–Crippen MR) is 62.1 cm³/mol. The highest BCUT2D eigenvalue weighted by atomic mass is 14.6. The molecule has 0 radical (unpaired) electrons. The Balaban J connectivity index is 2.20. The number of hydrogen-bond acceptors (Lipinski definition) is 2. The van der Waals surface area contributed by atoms with E-state index in [2.05, 4.69) is 0 Å². The zero-order valence-corrected chi connectivity index (χ0v) is 9.38. The lowest BCUT2D eigenvalue weighted by molar-refractivity contribution is 0.441. The summed E-state index contributed by atoms with van der Waals surface area (Å²) in [6.07, 6.45) is 12.7. The predicted octanol–water partition coefficient (Wildman–Crippen LogP) is 2.56. The van der Waals surface area contributed by atoms with E-state index in [1.807, 2.05) is 0 Å². The molecule has 1 aliphatic rings. The summed E-state index contributed by atoms with van der Waals surface area (Å²) < 4.78 is 0. The summed E-state index contributed by atoms with van der Waals surface area (Å²) in [7, 11) is 0. The highest BCUT2D eigenvalue weighted by Gasteiger charge is 2.07. The molecule has 4 N–H and O–H groups in total. The third-order valence-electron chi connectivity index (χ3n) is 3.30. The lowest BCUT2D eigenvalue weighted by atomic mass is 9.97. The van der Waals surface area contributed by atoms with Gasteiger partial charge < -0.3 is 11.5 Å². The van der Waals surface area contributed by atoms with Crippen molar-refractivity contribution < 1.29 is 0 Å². The van der Waals surface area contributed by atoms with Crippen LogP contribution in [0.15, 0.2) is 0 Å². The van der Waals surface area contributed by atoms with Gasteiger partial charge in [0.15, 0.2) is 0 Å². The first-order valence-corrected chi connectivity index (χ1v) is 6.30. The van der Waals surface area contributed by atoms with Crippen LogP contribution in [0.2, 0.25) is 0 Å². The minimum absolute atomic E-state index is 0.450. The van der Waals surface area contributed by atoms with E-state index in [4.69, 9.17) is 11.5 Å². The van der Waals surface area contributed by atoms with Crippen LogP contribution in [0.25, 0.3) is 0 Å². The second kappa shape index (κ2) is 7.24. The maximum Gasteiger partial charge on any atom is 0.00388 e. The van der Waals surface area contributed by atoms with Crippen molar-refractivity contribution in [3.05, 3.63) is 0 Å². The van der Waals surface area contributed by atoms with Crippen molar-refractivity contribution in [2.75, 3.05) is 0 Å². The molecule has 2 atom stereocenters. The fourth-order valence-corrected chi connectivity index (χ4v) is 2.27. The molecule has 0 spiro atoms. The first kappa shape index (κ1) is 12.0. The van der Waals surface area contributed by atoms with Crippen molar-refractivity contribution >= 4 is 0 Å². The summed E-state index contributed by atoms with van der Waals surface area (Å²) in [5.41, 5.74) is 12.0. The quantitative estimate of drug-likeness (QED) is 0.628. The van der Waals surface area contributed by atoms with Crippen molar-refractivity contribution in [1.29, 1.82) is 0 Å². The Bertz CT molecular complexity index is 120. The largest absolute Gasteiger partial charge is 0.328 e. The van der Waals surface area contributed by atoms with E-state index in [1.165, 1.54) is 64.2 Å². The van der Waals surface area contributed by atoms with Gasteiger partial charge in [-0.15, -0.1) is 0 Å². The van der Waals surface area contributed by atoms with Crippen LogP contribution < -0.4 is 11.5 Å². The minimum Gasteiger partial charge on any atom is -0.328 e. The van der Waals surface area contributed by atoms with Crippen LogP contribution in [0, 0.1) is 0 Å². The molecule has 0 saturated heterocycles. The Morgan fingerprint density at radius 3 is 1.14 bits per heavy atom. The standard InChI is InChI=1S/C12H26N2/c13-11-7-3-1-2-4-8-12(14)10-6-5-9-11/h11-12H,1-10,13-14H2. The molecule has 0 aromatic rings. The smallest absolute Gasteiger partial charge is 0.00388 e. The van der Waals surface area contributed by atoms with E-state index in [-0.39, 0.29) is 0 Å². The lowest BCUT2D eigenvalue weighted by Gasteiger charge is -2.15. The summed E-state index contributed by atoms with van der Waals surface area (Å²) in [6.45, 7) is 0. The molecule has 0 aliphatic heterocycles. The summed E-state index contributed by atoms with van der Waals surface area (Å²) in [5.74, 6) is 0. The van der Waals surface area contributed by atoms with Crippen molar-refractivity contribution in [3.63, 3.8) is 0 Å². The third kappa shape index (κ3) is 5.61. The van der Waals surface area contributed by atoms with Crippen LogP contribution in [0.3, 0.4) is 0 Å². The average molecular weight is 198 g/mol. The number of rotatable bonds is 0. The molecular formula is C12H26N2. The molecule has 2 nitrogen and oxygen atoms in total. The molecule has 2 unspecified atom stereocenters. The topological polar surface area (TPSA) is 52.0 Å². The molecule has 1 aliphatic carbocycles. The molecule has 1 saturated carbocycles.